The average molecular weight is 353 g/mol. The first-order chi connectivity index (χ1) is 11.5. The Morgan fingerprint density at radius 1 is 1.21 bits per heavy atom. The van der Waals surface area contributed by atoms with Crippen LogP contribution in [0, 0.1) is 0 Å². The summed E-state index contributed by atoms with van der Waals surface area (Å²) in [5, 5.41) is 31.9. The van der Waals surface area contributed by atoms with Crippen LogP contribution < -0.4 is 5.32 Å². The van der Waals surface area contributed by atoms with Crippen LogP contribution in [0.2, 0.25) is 5.15 Å². The van der Waals surface area contributed by atoms with E-state index < -0.39 is 18.3 Å². The minimum Gasteiger partial charge on any atom is -0.506 e. The number of nitrogens with zero attached hydrogens (tertiary/aromatic N) is 1. The van der Waals surface area contributed by atoms with Crippen molar-refractivity contribution < 1.29 is 24.9 Å². The van der Waals surface area contributed by atoms with E-state index in [2.05, 4.69) is 10.3 Å². The van der Waals surface area contributed by atoms with E-state index in [-0.39, 0.29) is 29.7 Å². The van der Waals surface area contributed by atoms with Gasteiger partial charge in [-0.2, -0.15) is 0 Å². The number of aromatic hydroxyl groups is 1. The summed E-state index contributed by atoms with van der Waals surface area (Å²) in [7, 11) is 0. The maximum atomic E-state index is 11.6. The number of aromatic nitrogens is 1. The van der Waals surface area contributed by atoms with Crippen molar-refractivity contribution in [3.8, 4) is 5.75 Å². The van der Waals surface area contributed by atoms with Gasteiger partial charge in [0.05, 0.1) is 0 Å². The van der Waals surface area contributed by atoms with Gasteiger partial charge >= 0.3 is 6.09 Å². The molecule has 7 nitrogen and oxygen atoms in total. The van der Waals surface area contributed by atoms with Gasteiger partial charge in [0, 0.05) is 6.54 Å². The summed E-state index contributed by atoms with van der Waals surface area (Å²) in [6.45, 7) is -0.204. The molecule has 0 aliphatic carbocycles. The lowest BCUT2D eigenvalue weighted by atomic mass is 10.1. The number of pyridine rings is 1. The normalized spacial score (nSPS) is 13.1. The Kier molecular flexibility index (Phi) is 6.36. The fraction of sp³-hybridized carbons (Fsp3) is 0.250. The Morgan fingerprint density at radius 2 is 1.92 bits per heavy atom. The van der Waals surface area contributed by atoms with Gasteiger partial charge in [0.15, 0.2) is 0 Å². The standard InChI is InChI=1S/C16H17ClN2O5/c17-13-7-6-11(20)14(19-13)15(22)12(21)8-18-16(23)24-9-10-4-2-1-3-5-10/h1-7,12,15,20-22H,8-9H2,(H,18,23). The number of aliphatic hydroxyl groups excluding tert-OH is 2. The first kappa shape index (κ1) is 18.0. The molecular formula is C16H17ClN2O5. The maximum Gasteiger partial charge on any atom is 0.407 e. The molecule has 8 heteroatoms. The van der Waals surface area contributed by atoms with E-state index in [0.717, 1.165) is 5.56 Å². The van der Waals surface area contributed by atoms with Crippen molar-refractivity contribution in [2.24, 2.45) is 0 Å². The van der Waals surface area contributed by atoms with Crippen molar-refractivity contribution in [2.75, 3.05) is 6.54 Å². The maximum absolute atomic E-state index is 11.6. The van der Waals surface area contributed by atoms with Crippen molar-refractivity contribution in [3.05, 3.63) is 58.9 Å². The average Bonchev–Trinajstić information content (AvgIpc) is 2.60. The molecule has 0 aliphatic heterocycles. The summed E-state index contributed by atoms with van der Waals surface area (Å²) in [6.07, 6.45) is -3.65. The fourth-order valence-electron chi connectivity index (χ4n) is 1.92. The summed E-state index contributed by atoms with van der Waals surface area (Å²) in [5.74, 6) is -0.308. The van der Waals surface area contributed by atoms with Gasteiger partial charge in [0.2, 0.25) is 0 Å². The second kappa shape index (κ2) is 8.49. The number of benzene rings is 1. The topological polar surface area (TPSA) is 112 Å². The molecule has 0 saturated carbocycles. The van der Waals surface area contributed by atoms with Crippen molar-refractivity contribution in [1.29, 1.82) is 0 Å². The van der Waals surface area contributed by atoms with Crippen molar-refractivity contribution in [3.63, 3.8) is 0 Å². The van der Waals surface area contributed by atoms with Crippen molar-refractivity contribution in [1.82, 2.24) is 10.3 Å². The lowest BCUT2D eigenvalue weighted by Gasteiger charge is -2.18. The number of ether oxygens (including phenoxy) is 1. The summed E-state index contributed by atoms with van der Waals surface area (Å²) in [4.78, 5) is 15.3. The predicted octanol–water partition coefficient (Wildman–Crippen LogP) is 1.76. The zero-order valence-corrected chi connectivity index (χ0v) is 13.3. The fourth-order valence-corrected chi connectivity index (χ4v) is 2.07. The molecule has 4 N–H and O–H groups in total. The molecule has 0 bridgehead atoms. The van der Waals surface area contributed by atoms with Gasteiger partial charge in [0.25, 0.3) is 0 Å². The van der Waals surface area contributed by atoms with Crippen LogP contribution in [-0.4, -0.2) is 39.0 Å². The van der Waals surface area contributed by atoms with Crippen LogP contribution in [0.15, 0.2) is 42.5 Å². The molecule has 1 amide bonds. The molecule has 24 heavy (non-hydrogen) atoms. The number of halogens is 1. The van der Waals surface area contributed by atoms with E-state index in [1.165, 1.54) is 12.1 Å². The second-order valence-electron chi connectivity index (χ2n) is 4.99. The summed E-state index contributed by atoms with van der Waals surface area (Å²) in [5.41, 5.74) is 0.649. The van der Waals surface area contributed by atoms with Crippen molar-refractivity contribution in [2.45, 2.75) is 18.8 Å². The third-order valence-corrected chi connectivity index (χ3v) is 3.39. The summed E-state index contributed by atoms with van der Waals surface area (Å²) in [6, 6.07) is 11.7. The molecule has 0 fully saturated rings. The minimum atomic E-state index is -1.52. The highest BCUT2D eigenvalue weighted by Gasteiger charge is 2.24. The highest BCUT2D eigenvalue weighted by Crippen LogP contribution is 2.25. The number of carbonyl (C=O) groups excluding carboxylic acids is 1. The Bertz CT molecular complexity index is 683. The Morgan fingerprint density at radius 3 is 2.62 bits per heavy atom. The number of hydrogen-bond donors (Lipinski definition) is 4. The Hall–Kier alpha value is -2.35. The Balaban J connectivity index is 1.82. The molecule has 0 radical (unpaired) electrons. The molecule has 1 heterocycles. The van der Waals surface area contributed by atoms with Crippen LogP contribution in [0.1, 0.15) is 17.4 Å². The van der Waals surface area contributed by atoms with Crippen LogP contribution in [0.25, 0.3) is 0 Å². The molecule has 0 aliphatic rings. The van der Waals surface area contributed by atoms with Crippen LogP contribution in [0.3, 0.4) is 0 Å². The number of amides is 1. The van der Waals surface area contributed by atoms with Crippen LogP contribution in [-0.2, 0) is 11.3 Å². The van der Waals surface area contributed by atoms with Gasteiger partial charge < -0.3 is 25.4 Å². The lowest BCUT2D eigenvalue weighted by Crippen LogP contribution is -2.36. The van der Waals surface area contributed by atoms with Gasteiger partial charge in [-0.1, -0.05) is 41.9 Å². The second-order valence-corrected chi connectivity index (χ2v) is 5.38. The summed E-state index contributed by atoms with van der Waals surface area (Å²) >= 11 is 5.69. The number of nitrogens with one attached hydrogen (secondary N) is 1. The molecular weight excluding hydrogens is 336 g/mol. The first-order valence-electron chi connectivity index (χ1n) is 7.13. The minimum absolute atomic E-state index is 0.0595. The van der Waals surface area contributed by atoms with E-state index in [1.807, 2.05) is 18.2 Å². The predicted molar refractivity (Wildman–Crippen MR) is 86.5 cm³/mol. The molecule has 1 aromatic carbocycles. The quantitative estimate of drug-likeness (QED) is 0.589. The SMILES string of the molecule is O=C(NCC(O)C(O)c1nc(Cl)ccc1O)OCc1ccccc1. The molecule has 2 aromatic rings. The molecule has 2 atom stereocenters. The van der Waals surface area contributed by atoms with E-state index in [1.54, 1.807) is 12.1 Å². The van der Waals surface area contributed by atoms with E-state index in [0.29, 0.717) is 0 Å². The first-order valence-corrected chi connectivity index (χ1v) is 7.51. The van der Waals surface area contributed by atoms with Gasteiger partial charge in [-0.15, -0.1) is 0 Å². The highest BCUT2D eigenvalue weighted by atomic mass is 35.5. The monoisotopic (exact) mass is 352 g/mol. The Labute approximate surface area is 143 Å². The summed E-state index contributed by atoms with van der Waals surface area (Å²) < 4.78 is 4.98. The third-order valence-electron chi connectivity index (χ3n) is 3.18. The van der Waals surface area contributed by atoms with Gasteiger partial charge in [-0.05, 0) is 17.7 Å². The van der Waals surface area contributed by atoms with Crippen LogP contribution in [0.4, 0.5) is 4.79 Å². The van der Waals surface area contributed by atoms with E-state index in [9.17, 15) is 20.1 Å². The number of carbonyl (C=O) groups is 1. The molecule has 128 valence electrons. The number of aliphatic hydroxyl groups is 2. The number of rotatable bonds is 6. The van der Waals surface area contributed by atoms with E-state index >= 15 is 0 Å². The van der Waals surface area contributed by atoms with Crippen LogP contribution >= 0.6 is 11.6 Å². The molecule has 0 saturated heterocycles. The molecule has 1 aromatic heterocycles. The van der Waals surface area contributed by atoms with Gasteiger partial charge in [-0.3, -0.25) is 0 Å². The van der Waals surface area contributed by atoms with Gasteiger partial charge in [-0.25, -0.2) is 9.78 Å². The largest absolute Gasteiger partial charge is 0.506 e. The molecule has 0 spiro atoms. The van der Waals surface area contributed by atoms with E-state index in [4.69, 9.17) is 16.3 Å². The zero-order chi connectivity index (χ0) is 17.5. The van der Waals surface area contributed by atoms with Crippen LogP contribution in [0.5, 0.6) is 5.75 Å². The smallest absolute Gasteiger partial charge is 0.407 e. The lowest BCUT2D eigenvalue weighted by molar-refractivity contribution is 0.0145. The zero-order valence-electron chi connectivity index (χ0n) is 12.6. The van der Waals surface area contributed by atoms with Gasteiger partial charge in [0.1, 0.15) is 35.4 Å². The molecule has 2 unspecified atom stereocenters. The third kappa shape index (κ3) is 5.09. The number of hydrogen-bond acceptors (Lipinski definition) is 6. The highest BCUT2D eigenvalue weighted by molar-refractivity contribution is 6.29. The van der Waals surface area contributed by atoms with Crippen molar-refractivity contribution >= 4 is 17.7 Å². The number of alkyl carbamates (subject to hydrolysis) is 1. The molecule has 2 rings (SSSR count).